The van der Waals surface area contributed by atoms with Crippen LogP contribution in [-0.2, 0) is 0 Å². The van der Waals surface area contributed by atoms with E-state index >= 15 is 0 Å². The van der Waals surface area contributed by atoms with Gasteiger partial charge in [-0.3, -0.25) is 0 Å². The minimum Gasteiger partial charge on any atom is -0.236 e. The molecular formula is C13H12ClN. The fourth-order valence-electron chi connectivity index (χ4n) is 1.62. The van der Waals surface area contributed by atoms with Crippen LogP contribution in [0.3, 0.4) is 0 Å². The van der Waals surface area contributed by atoms with Crippen LogP contribution in [-0.4, -0.2) is 4.98 Å². The minimum absolute atomic E-state index is 0.583. The average Bonchev–Trinajstić information content (AvgIpc) is 2.25. The van der Waals surface area contributed by atoms with Crippen molar-refractivity contribution in [1.29, 1.82) is 0 Å². The lowest BCUT2D eigenvalue weighted by molar-refractivity contribution is 1.22. The molecule has 0 saturated carbocycles. The molecule has 1 heterocycles. The summed E-state index contributed by atoms with van der Waals surface area (Å²) in [5, 5.41) is 0.583. The summed E-state index contributed by atoms with van der Waals surface area (Å²) in [7, 11) is 0. The third kappa shape index (κ3) is 2.02. The van der Waals surface area contributed by atoms with Crippen LogP contribution in [0, 0.1) is 13.8 Å². The maximum Gasteiger partial charge on any atom is 0.132 e. The number of aromatic nitrogens is 1. The Hall–Kier alpha value is -1.34. The van der Waals surface area contributed by atoms with Crippen molar-refractivity contribution >= 4 is 11.6 Å². The number of aryl methyl sites for hydroxylation is 2. The van der Waals surface area contributed by atoms with Gasteiger partial charge in [0.15, 0.2) is 0 Å². The molecule has 76 valence electrons. The Kier molecular flexibility index (Phi) is 2.74. The van der Waals surface area contributed by atoms with Crippen molar-refractivity contribution in [3.8, 4) is 11.3 Å². The number of rotatable bonds is 1. The zero-order valence-corrected chi connectivity index (χ0v) is 9.55. The van der Waals surface area contributed by atoms with Gasteiger partial charge in [0.05, 0.1) is 5.69 Å². The van der Waals surface area contributed by atoms with Crippen LogP contribution in [0.4, 0.5) is 0 Å². The highest BCUT2D eigenvalue weighted by molar-refractivity contribution is 6.30. The van der Waals surface area contributed by atoms with Gasteiger partial charge in [-0.05, 0) is 25.0 Å². The van der Waals surface area contributed by atoms with E-state index in [-0.39, 0.29) is 0 Å². The summed E-state index contributed by atoms with van der Waals surface area (Å²) in [4.78, 5) is 4.41. The van der Waals surface area contributed by atoms with Crippen molar-refractivity contribution in [2.45, 2.75) is 13.8 Å². The third-order valence-electron chi connectivity index (χ3n) is 2.39. The first-order valence-corrected chi connectivity index (χ1v) is 5.25. The minimum atomic E-state index is 0.583. The Morgan fingerprint density at radius 2 is 1.67 bits per heavy atom. The van der Waals surface area contributed by atoms with Crippen LogP contribution < -0.4 is 0 Å². The smallest absolute Gasteiger partial charge is 0.132 e. The molecule has 0 bridgehead atoms. The molecule has 0 saturated heterocycles. The second-order valence-electron chi connectivity index (χ2n) is 3.63. The fraction of sp³-hybridized carbons (Fsp3) is 0.154. The van der Waals surface area contributed by atoms with Crippen molar-refractivity contribution in [2.75, 3.05) is 0 Å². The topological polar surface area (TPSA) is 12.9 Å². The SMILES string of the molecule is Cc1cc(C)c(-c2ccccc2)nc1Cl. The standard InChI is InChI=1S/C13H12ClN/c1-9-8-10(2)13(14)15-12(9)11-6-4-3-5-7-11/h3-8H,1-2H3. The van der Waals surface area contributed by atoms with E-state index in [9.17, 15) is 0 Å². The zero-order chi connectivity index (χ0) is 10.8. The molecule has 0 aliphatic heterocycles. The maximum atomic E-state index is 6.02. The lowest BCUT2D eigenvalue weighted by Crippen LogP contribution is -1.91. The highest BCUT2D eigenvalue weighted by atomic mass is 35.5. The van der Waals surface area contributed by atoms with E-state index in [4.69, 9.17) is 11.6 Å². The first kappa shape index (κ1) is 10.2. The molecule has 0 N–H and O–H groups in total. The van der Waals surface area contributed by atoms with Gasteiger partial charge in [-0.15, -0.1) is 0 Å². The molecule has 15 heavy (non-hydrogen) atoms. The van der Waals surface area contributed by atoms with Crippen molar-refractivity contribution in [2.24, 2.45) is 0 Å². The summed E-state index contributed by atoms with van der Waals surface area (Å²) >= 11 is 6.02. The maximum absolute atomic E-state index is 6.02. The molecule has 1 aromatic heterocycles. The summed E-state index contributed by atoms with van der Waals surface area (Å²) in [5.41, 5.74) is 4.25. The number of nitrogens with zero attached hydrogens (tertiary/aromatic N) is 1. The number of hydrogen-bond acceptors (Lipinski definition) is 1. The number of hydrogen-bond donors (Lipinski definition) is 0. The van der Waals surface area contributed by atoms with Crippen LogP contribution in [0.5, 0.6) is 0 Å². The Morgan fingerprint density at radius 1 is 1.00 bits per heavy atom. The summed E-state index contributed by atoms with van der Waals surface area (Å²) < 4.78 is 0. The second-order valence-corrected chi connectivity index (χ2v) is 3.99. The van der Waals surface area contributed by atoms with Gasteiger partial charge in [-0.2, -0.15) is 0 Å². The molecule has 1 nitrogen and oxygen atoms in total. The van der Waals surface area contributed by atoms with Crippen LogP contribution in [0.2, 0.25) is 5.15 Å². The number of pyridine rings is 1. The Balaban J connectivity index is 2.59. The van der Waals surface area contributed by atoms with Gasteiger partial charge in [-0.25, -0.2) is 4.98 Å². The van der Waals surface area contributed by atoms with E-state index in [1.165, 1.54) is 0 Å². The molecule has 2 heteroatoms. The molecule has 2 rings (SSSR count). The highest BCUT2D eigenvalue weighted by Crippen LogP contribution is 2.24. The average molecular weight is 218 g/mol. The van der Waals surface area contributed by atoms with E-state index in [1.807, 2.05) is 37.3 Å². The van der Waals surface area contributed by atoms with E-state index in [2.05, 4.69) is 18.0 Å². The molecule has 2 aromatic rings. The van der Waals surface area contributed by atoms with Crippen molar-refractivity contribution in [3.05, 3.63) is 52.7 Å². The van der Waals surface area contributed by atoms with Gasteiger partial charge >= 0.3 is 0 Å². The summed E-state index contributed by atoms with van der Waals surface area (Å²) in [6.07, 6.45) is 0. The highest BCUT2D eigenvalue weighted by Gasteiger charge is 2.06. The lowest BCUT2D eigenvalue weighted by atomic mass is 10.1. The van der Waals surface area contributed by atoms with Crippen LogP contribution in [0.1, 0.15) is 11.1 Å². The molecule has 0 unspecified atom stereocenters. The first-order chi connectivity index (χ1) is 7.18. The van der Waals surface area contributed by atoms with E-state index in [0.29, 0.717) is 5.15 Å². The lowest BCUT2D eigenvalue weighted by Gasteiger charge is -2.07. The third-order valence-corrected chi connectivity index (χ3v) is 2.77. The molecule has 0 atom stereocenters. The summed E-state index contributed by atoms with van der Waals surface area (Å²) in [6.45, 7) is 4.02. The fourth-order valence-corrected chi connectivity index (χ4v) is 1.75. The predicted octanol–water partition coefficient (Wildman–Crippen LogP) is 4.02. The summed E-state index contributed by atoms with van der Waals surface area (Å²) in [5.74, 6) is 0. The molecule has 0 aliphatic carbocycles. The van der Waals surface area contributed by atoms with Gasteiger partial charge in [0, 0.05) is 5.56 Å². The molecule has 0 spiro atoms. The largest absolute Gasteiger partial charge is 0.236 e. The van der Waals surface area contributed by atoms with Gasteiger partial charge in [0.25, 0.3) is 0 Å². The van der Waals surface area contributed by atoms with Crippen molar-refractivity contribution < 1.29 is 0 Å². The first-order valence-electron chi connectivity index (χ1n) is 4.87. The molecule has 0 fully saturated rings. The molecule has 0 amide bonds. The van der Waals surface area contributed by atoms with E-state index in [1.54, 1.807) is 0 Å². The summed E-state index contributed by atoms with van der Waals surface area (Å²) in [6, 6.07) is 12.2. The number of halogens is 1. The van der Waals surface area contributed by atoms with Gasteiger partial charge in [-0.1, -0.05) is 48.0 Å². The van der Waals surface area contributed by atoms with Gasteiger partial charge in [0.2, 0.25) is 0 Å². The predicted molar refractivity (Wildman–Crippen MR) is 64.2 cm³/mol. The molecule has 0 aliphatic rings. The van der Waals surface area contributed by atoms with Crippen molar-refractivity contribution in [3.63, 3.8) is 0 Å². The molecule has 1 aromatic carbocycles. The van der Waals surface area contributed by atoms with Crippen LogP contribution >= 0.6 is 11.6 Å². The monoisotopic (exact) mass is 217 g/mol. The van der Waals surface area contributed by atoms with E-state index < -0.39 is 0 Å². The molecule has 0 radical (unpaired) electrons. The van der Waals surface area contributed by atoms with Crippen LogP contribution in [0.25, 0.3) is 11.3 Å². The Bertz CT molecular complexity index is 477. The van der Waals surface area contributed by atoms with Gasteiger partial charge < -0.3 is 0 Å². The number of benzene rings is 1. The quantitative estimate of drug-likeness (QED) is 0.658. The second kappa shape index (κ2) is 4.03. The Morgan fingerprint density at radius 3 is 2.33 bits per heavy atom. The normalized spacial score (nSPS) is 10.3. The van der Waals surface area contributed by atoms with Crippen LogP contribution in [0.15, 0.2) is 36.4 Å². The van der Waals surface area contributed by atoms with Crippen molar-refractivity contribution in [1.82, 2.24) is 4.98 Å². The molecular weight excluding hydrogens is 206 g/mol. The zero-order valence-electron chi connectivity index (χ0n) is 8.79. The van der Waals surface area contributed by atoms with E-state index in [0.717, 1.165) is 22.4 Å². The van der Waals surface area contributed by atoms with Gasteiger partial charge in [0.1, 0.15) is 5.15 Å². The Labute approximate surface area is 94.7 Å².